The molecule has 0 amide bonds. The van der Waals surface area contributed by atoms with Crippen molar-refractivity contribution in [3.63, 3.8) is 0 Å². The molecule has 1 rings (SSSR count). The summed E-state index contributed by atoms with van der Waals surface area (Å²) in [6, 6.07) is 2.38. The minimum atomic E-state index is -3.56. The molecule has 0 radical (unpaired) electrons. The summed E-state index contributed by atoms with van der Waals surface area (Å²) in [5.41, 5.74) is -0.318. The highest BCUT2D eigenvalue weighted by Crippen LogP contribution is 2.15. The van der Waals surface area contributed by atoms with Gasteiger partial charge in [0.05, 0.1) is 4.90 Å². The van der Waals surface area contributed by atoms with E-state index in [2.05, 4.69) is 9.71 Å². The zero-order valence-corrected chi connectivity index (χ0v) is 11.8. The van der Waals surface area contributed by atoms with Gasteiger partial charge in [0.2, 0.25) is 15.6 Å². The number of sulfonamides is 1. The van der Waals surface area contributed by atoms with Gasteiger partial charge in [-0.15, -0.1) is 0 Å². The molecule has 1 aromatic rings. The second-order valence-electron chi connectivity index (χ2n) is 4.38. The molecule has 0 aliphatic rings. The Kier molecular flexibility index (Phi) is 5.10. The second kappa shape index (κ2) is 6.15. The average Bonchev–Trinajstić information content (AvgIpc) is 2.30. The zero-order valence-electron chi connectivity index (χ0n) is 10.9. The van der Waals surface area contributed by atoms with Gasteiger partial charge in [0.15, 0.2) is 0 Å². The summed E-state index contributed by atoms with van der Waals surface area (Å²) < 4.78 is 26.8. The molecule has 0 fully saturated rings. The van der Waals surface area contributed by atoms with Gasteiger partial charge < -0.3 is 4.98 Å². The van der Waals surface area contributed by atoms with Gasteiger partial charge in [-0.2, -0.15) is 0 Å². The van der Waals surface area contributed by atoms with Crippen LogP contribution in [-0.4, -0.2) is 19.4 Å². The topological polar surface area (TPSA) is 79.0 Å². The number of hydrogen-bond acceptors (Lipinski definition) is 3. The van der Waals surface area contributed by atoms with E-state index in [1.807, 2.05) is 20.8 Å². The van der Waals surface area contributed by atoms with Crippen molar-refractivity contribution in [2.75, 3.05) is 0 Å². The number of aromatic nitrogens is 1. The van der Waals surface area contributed by atoms with Crippen molar-refractivity contribution in [2.24, 2.45) is 5.92 Å². The maximum Gasteiger partial charge on any atom is 0.247 e. The fourth-order valence-electron chi connectivity index (χ4n) is 1.97. The summed E-state index contributed by atoms with van der Waals surface area (Å²) >= 11 is 0. The summed E-state index contributed by atoms with van der Waals surface area (Å²) in [5.74, 6) is 0.308. The molecule has 2 N–H and O–H groups in total. The van der Waals surface area contributed by atoms with Crippen LogP contribution in [0.2, 0.25) is 0 Å². The Balaban J connectivity index is 2.88. The molecule has 0 aliphatic heterocycles. The Morgan fingerprint density at radius 2 is 1.89 bits per heavy atom. The summed E-state index contributed by atoms with van der Waals surface area (Å²) in [6.45, 7) is 5.94. The number of aromatic amines is 1. The van der Waals surface area contributed by atoms with Crippen molar-refractivity contribution >= 4 is 10.0 Å². The predicted molar refractivity (Wildman–Crippen MR) is 70.9 cm³/mol. The first-order valence-corrected chi connectivity index (χ1v) is 7.60. The average molecular weight is 272 g/mol. The van der Waals surface area contributed by atoms with E-state index in [4.69, 9.17) is 0 Å². The molecule has 0 saturated carbocycles. The van der Waals surface area contributed by atoms with E-state index in [-0.39, 0.29) is 16.5 Å². The lowest BCUT2D eigenvalue weighted by molar-refractivity contribution is 0.390. The molecular weight excluding hydrogens is 252 g/mol. The molecule has 0 spiro atoms. The van der Waals surface area contributed by atoms with Gasteiger partial charge in [-0.25, -0.2) is 13.1 Å². The Labute approximate surface area is 108 Å². The van der Waals surface area contributed by atoms with Gasteiger partial charge in [0, 0.05) is 18.3 Å². The standard InChI is InChI=1S/C12H20N2O3S/c1-4-10(5-2)9(3)14-18(16,17)11-6-7-12(15)13-8-11/h6-10,14H,4-5H2,1-3H3,(H,13,15). The van der Waals surface area contributed by atoms with Crippen LogP contribution < -0.4 is 10.3 Å². The van der Waals surface area contributed by atoms with E-state index < -0.39 is 10.0 Å². The summed E-state index contributed by atoms with van der Waals surface area (Å²) in [7, 11) is -3.56. The summed E-state index contributed by atoms with van der Waals surface area (Å²) in [4.78, 5) is 13.3. The fraction of sp³-hybridized carbons (Fsp3) is 0.583. The van der Waals surface area contributed by atoms with Crippen LogP contribution in [0.25, 0.3) is 0 Å². The monoisotopic (exact) mass is 272 g/mol. The highest BCUT2D eigenvalue weighted by atomic mass is 32.2. The van der Waals surface area contributed by atoms with Crippen molar-refractivity contribution in [2.45, 2.75) is 44.6 Å². The molecule has 0 aromatic carbocycles. The highest BCUT2D eigenvalue weighted by molar-refractivity contribution is 7.89. The van der Waals surface area contributed by atoms with Crippen LogP contribution in [0.5, 0.6) is 0 Å². The van der Waals surface area contributed by atoms with Crippen LogP contribution in [0.15, 0.2) is 28.0 Å². The number of nitrogens with one attached hydrogen (secondary N) is 2. The molecular formula is C12H20N2O3S. The summed E-state index contributed by atoms with van der Waals surface area (Å²) in [5, 5.41) is 0. The third-order valence-corrected chi connectivity index (χ3v) is 4.72. The van der Waals surface area contributed by atoms with E-state index in [0.29, 0.717) is 5.92 Å². The highest BCUT2D eigenvalue weighted by Gasteiger charge is 2.21. The maximum absolute atomic E-state index is 12.1. The first-order valence-electron chi connectivity index (χ1n) is 6.11. The molecule has 0 aliphatic carbocycles. The smallest absolute Gasteiger partial charge is 0.247 e. The van der Waals surface area contributed by atoms with E-state index >= 15 is 0 Å². The van der Waals surface area contributed by atoms with Gasteiger partial charge >= 0.3 is 0 Å². The normalized spacial score (nSPS) is 13.8. The fourth-order valence-corrected chi connectivity index (χ4v) is 3.25. The third-order valence-electron chi connectivity index (χ3n) is 3.16. The number of rotatable bonds is 6. The Morgan fingerprint density at radius 3 is 2.33 bits per heavy atom. The largest absolute Gasteiger partial charge is 0.328 e. The van der Waals surface area contributed by atoms with Crippen molar-refractivity contribution in [3.8, 4) is 0 Å². The quantitative estimate of drug-likeness (QED) is 0.823. The van der Waals surface area contributed by atoms with E-state index in [1.165, 1.54) is 18.3 Å². The van der Waals surface area contributed by atoms with Crippen molar-refractivity contribution in [1.82, 2.24) is 9.71 Å². The molecule has 1 atom stereocenters. The molecule has 6 heteroatoms. The van der Waals surface area contributed by atoms with Gasteiger partial charge in [0.25, 0.3) is 0 Å². The first kappa shape index (κ1) is 14.9. The van der Waals surface area contributed by atoms with E-state index in [0.717, 1.165) is 12.8 Å². The van der Waals surface area contributed by atoms with Crippen LogP contribution >= 0.6 is 0 Å². The molecule has 5 nitrogen and oxygen atoms in total. The van der Waals surface area contributed by atoms with E-state index in [1.54, 1.807) is 0 Å². The van der Waals surface area contributed by atoms with E-state index in [9.17, 15) is 13.2 Å². The second-order valence-corrected chi connectivity index (χ2v) is 6.09. The first-order chi connectivity index (χ1) is 8.40. The molecule has 1 unspecified atom stereocenters. The third kappa shape index (κ3) is 3.68. The molecule has 1 heterocycles. The molecule has 18 heavy (non-hydrogen) atoms. The summed E-state index contributed by atoms with van der Waals surface area (Å²) in [6.07, 6.45) is 3.06. The van der Waals surface area contributed by atoms with Gasteiger partial charge in [0.1, 0.15) is 0 Å². The van der Waals surface area contributed by atoms with Crippen LogP contribution in [0.3, 0.4) is 0 Å². The van der Waals surface area contributed by atoms with Gasteiger partial charge in [-0.1, -0.05) is 26.7 Å². The minimum Gasteiger partial charge on any atom is -0.328 e. The van der Waals surface area contributed by atoms with Crippen LogP contribution in [-0.2, 0) is 10.0 Å². The Morgan fingerprint density at radius 1 is 1.28 bits per heavy atom. The number of pyridine rings is 1. The van der Waals surface area contributed by atoms with Gasteiger partial charge in [-0.3, -0.25) is 4.79 Å². The van der Waals surface area contributed by atoms with Crippen molar-refractivity contribution in [1.29, 1.82) is 0 Å². The van der Waals surface area contributed by atoms with Crippen molar-refractivity contribution in [3.05, 3.63) is 28.7 Å². The molecule has 0 saturated heterocycles. The SMILES string of the molecule is CCC(CC)C(C)NS(=O)(=O)c1ccc(=O)[nH]c1. The lowest BCUT2D eigenvalue weighted by atomic mass is 9.96. The van der Waals surface area contributed by atoms with Crippen LogP contribution in [0.1, 0.15) is 33.6 Å². The number of hydrogen-bond donors (Lipinski definition) is 2. The maximum atomic E-state index is 12.1. The number of H-pyrrole nitrogens is 1. The molecule has 1 aromatic heterocycles. The lowest BCUT2D eigenvalue weighted by Crippen LogP contribution is -2.37. The molecule has 0 bridgehead atoms. The van der Waals surface area contributed by atoms with Crippen LogP contribution in [0, 0.1) is 5.92 Å². The lowest BCUT2D eigenvalue weighted by Gasteiger charge is -2.22. The van der Waals surface area contributed by atoms with Gasteiger partial charge in [-0.05, 0) is 18.9 Å². The molecule has 102 valence electrons. The van der Waals surface area contributed by atoms with Crippen molar-refractivity contribution < 1.29 is 8.42 Å². The Bertz CT molecular complexity index is 512. The van der Waals surface area contributed by atoms with Crippen LogP contribution in [0.4, 0.5) is 0 Å². The Hall–Kier alpha value is -1.14. The minimum absolute atomic E-state index is 0.0832. The zero-order chi connectivity index (χ0) is 13.8. The predicted octanol–water partition coefficient (Wildman–Crippen LogP) is 1.48.